The number of methoxy groups -OCH3 is 1. The Bertz CT molecular complexity index is 1360. The van der Waals surface area contributed by atoms with Crippen LogP contribution in [-0.2, 0) is 9.59 Å². The molecular formula is C24H16ClFN2O6. The van der Waals surface area contributed by atoms with Crippen molar-refractivity contribution in [3.05, 3.63) is 104 Å². The molecule has 0 aliphatic carbocycles. The third-order valence-electron chi connectivity index (χ3n) is 5.41. The molecule has 0 saturated carbocycles. The number of anilines is 1. The van der Waals surface area contributed by atoms with Crippen molar-refractivity contribution >= 4 is 40.4 Å². The highest BCUT2D eigenvalue weighted by molar-refractivity contribution is 6.51. The monoisotopic (exact) mass is 482 g/mol. The van der Waals surface area contributed by atoms with Crippen LogP contribution < -0.4 is 9.64 Å². The SMILES string of the molecule is COc1ccccc1C1/C(=C(\O)c2ccc([N+](=O)[O-])cc2)C(=O)C(=O)N1c1ccc(F)c(Cl)c1. The molecule has 0 bridgehead atoms. The summed E-state index contributed by atoms with van der Waals surface area (Å²) < 4.78 is 19.2. The van der Waals surface area contributed by atoms with Gasteiger partial charge in [-0.05, 0) is 36.4 Å². The lowest BCUT2D eigenvalue weighted by Crippen LogP contribution is -2.29. The van der Waals surface area contributed by atoms with E-state index in [-0.39, 0.29) is 27.5 Å². The van der Waals surface area contributed by atoms with Gasteiger partial charge in [-0.2, -0.15) is 0 Å². The van der Waals surface area contributed by atoms with Gasteiger partial charge in [-0.3, -0.25) is 24.6 Å². The summed E-state index contributed by atoms with van der Waals surface area (Å²) in [5.41, 5.74) is 0.143. The molecule has 0 radical (unpaired) electrons. The van der Waals surface area contributed by atoms with Gasteiger partial charge < -0.3 is 9.84 Å². The molecule has 1 aliphatic heterocycles. The van der Waals surface area contributed by atoms with Gasteiger partial charge in [0.05, 0.1) is 28.7 Å². The Morgan fingerprint density at radius 3 is 2.41 bits per heavy atom. The lowest BCUT2D eigenvalue weighted by Gasteiger charge is -2.26. The maximum absolute atomic E-state index is 13.8. The van der Waals surface area contributed by atoms with E-state index >= 15 is 0 Å². The van der Waals surface area contributed by atoms with Crippen LogP contribution in [0.4, 0.5) is 15.8 Å². The van der Waals surface area contributed by atoms with E-state index in [0.717, 1.165) is 11.0 Å². The molecule has 1 aliphatic rings. The first kappa shape index (κ1) is 22.9. The van der Waals surface area contributed by atoms with Crippen LogP contribution in [0.15, 0.2) is 72.3 Å². The quantitative estimate of drug-likeness (QED) is 0.180. The van der Waals surface area contributed by atoms with Crippen LogP contribution >= 0.6 is 11.6 Å². The number of aliphatic hydroxyl groups is 1. The number of nitro benzene ring substituents is 1. The van der Waals surface area contributed by atoms with E-state index < -0.39 is 34.2 Å². The van der Waals surface area contributed by atoms with Crippen LogP contribution in [0.2, 0.25) is 5.02 Å². The lowest BCUT2D eigenvalue weighted by atomic mass is 9.94. The molecule has 1 saturated heterocycles. The minimum atomic E-state index is -1.15. The molecule has 0 aromatic heterocycles. The highest BCUT2D eigenvalue weighted by Gasteiger charge is 2.48. The Hall–Kier alpha value is -4.24. The number of nitro groups is 1. The maximum Gasteiger partial charge on any atom is 0.300 e. The molecule has 1 unspecified atom stereocenters. The Labute approximate surface area is 197 Å². The number of nitrogens with zero attached hydrogens (tertiary/aromatic N) is 2. The molecule has 1 amide bonds. The summed E-state index contributed by atoms with van der Waals surface area (Å²) in [6, 6.07) is 13.9. The molecule has 1 atom stereocenters. The molecule has 3 aromatic carbocycles. The van der Waals surface area contributed by atoms with Gasteiger partial charge in [0.2, 0.25) is 0 Å². The van der Waals surface area contributed by atoms with Crippen molar-refractivity contribution in [1.82, 2.24) is 0 Å². The third-order valence-corrected chi connectivity index (χ3v) is 5.70. The minimum absolute atomic E-state index is 0.0978. The number of hydrogen-bond donors (Lipinski definition) is 1. The first-order chi connectivity index (χ1) is 16.2. The van der Waals surface area contributed by atoms with E-state index in [1.807, 2.05) is 0 Å². The first-order valence-electron chi connectivity index (χ1n) is 9.88. The number of rotatable bonds is 5. The summed E-state index contributed by atoms with van der Waals surface area (Å²) in [5, 5.41) is 21.8. The fourth-order valence-electron chi connectivity index (χ4n) is 3.82. The number of non-ortho nitro benzene ring substituents is 1. The van der Waals surface area contributed by atoms with E-state index in [1.54, 1.807) is 24.3 Å². The first-order valence-corrected chi connectivity index (χ1v) is 10.3. The molecule has 3 aromatic rings. The van der Waals surface area contributed by atoms with Crippen molar-refractivity contribution in [1.29, 1.82) is 0 Å². The van der Waals surface area contributed by atoms with Crippen LogP contribution in [0.1, 0.15) is 17.2 Å². The highest BCUT2D eigenvalue weighted by Crippen LogP contribution is 2.45. The number of ether oxygens (including phenoxy) is 1. The number of amides is 1. The van der Waals surface area contributed by atoms with Gasteiger partial charge in [0.1, 0.15) is 17.3 Å². The highest BCUT2D eigenvalue weighted by atomic mass is 35.5. The average Bonchev–Trinajstić information content (AvgIpc) is 3.10. The summed E-state index contributed by atoms with van der Waals surface area (Å²) in [7, 11) is 1.41. The molecule has 8 nitrogen and oxygen atoms in total. The normalized spacial score (nSPS) is 17.1. The van der Waals surface area contributed by atoms with Gasteiger partial charge in [0, 0.05) is 28.9 Å². The molecular weight excluding hydrogens is 467 g/mol. The molecule has 1 fully saturated rings. The van der Waals surface area contributed by atoms with E-state index in [4.69, 9.17) is 16.3 Å². The number of aliphatic hydroxyl groups excluding tert-OH is 1. The van der Waals surface area contributed by atoms with Crippen LogP contribution in [0, 0.1) is 15.9 Å². The van der Waals surface area contributed by atoms with Crippen LogP contribution in [0.25, 0.3) is 5.76 Å². The maximum atomic E-state index is 13.8. The van der Waals surface area contributed by atoms with Crippen LogP contribution in [0.3, 0.4) is 0 Å². The molecule has 0 spiro atoms. The van der Waals surface area contributed by atoms with Gasteiger partial charge in [-0.25, -0.2) is 4.39 Å². The number of carbonyl (C=O) groups is 2. The molecule has 10 heteroatoms. The van der Waals surface area contributed by atoms with E-state index in [0.29, 0.717) is 11.3 Å². The molecule has 1 N–H and O–H groups in total. The van der Waals surface area contributed by atoms with E-state index in [1.165, 1.54) is 43.5 Å². The summed E-state index contributed by atoms with van der Waals surface area (Å²) in [5.74, 6) is -2.86. The number of hydrogen-bond acceptors (Lipinski definition) is 6. The van der Waals surface area contributed by atoms with Crippen molar-refractivity contribution in [3.63, 3.8) is 0 Å². The summed E-state index contributed by atoms with van der Waals surface area (Å²) >= 11 is 5.92. The van der Waals surface area contributed by atoms with Gasteiger partial charge >= 0.3 is 0 Å². The molecule has 1 heterocycles. The van der Waals surface area contributed by atoms with Crippen molar-refractivity contribution < 1.29 is 28.7 Å². The Morgan fingerprint density at radius 2 is 1.79 bits per heavy atom. The van der Waals surface area contributed by atoms with Crippen molar-refractivity contribution in [2.45, 2.75) is 6.04 Å². The topological polar surface area (TPSA) is 110 Å². The van der Waals surface area contributed by atoms with E-state index in [2.05, 4.69) is 0 Å². The lowest BCUT2D eigenvalue weighted by molar-refractivity contribution is -0.384. The van der Waals surface area contributed by atoms with Crippen molar-refractivity contribution in [3.8, 4) is 5.75 Å². The summed E-state index contributed by atoms with van der Waals surface area (Å²) in [4.78, 5) is 37.8. The van der Waals surface area contributed by atoms with Gasteiger partial charge in [-0.1, -0.05) is 29.8 Å². The standard InChI is InChI=1S/C24H16ClFN2O6/c1-34-19-5-3-2-4-16(19)21-20(22(29)13-6-8-14(9-7-13)28(32)33)23(30)24(31)27(21)15-10-11-18(26)17(25)12-15/h2-12,21,29H,1H3/b22-20+. The number of para-hydroxylation sites is 1. The fourth-order valence-corrected chi connectivity index (χ4v) is 3.99. The molecule has 172 valence electrons. The number of Topliss-reactive ketones (excluding diaryl/α,β-unsaturated/α-hetero) is 1. The number of halogens is 2. The zero-order valence-corrected chi connectivity index (χ0v) is 18.3. The zero-order chi connectivity index (χ0) is 24.6. The largest absolute Gasteiger partial charge is 0.507 e. The third kappa shape index (κ3) is 3.86. The second kappa shape index (κ2) is 8.95. The van der Waals surface area contributed by atoms with Crippen molar-refractivity contribution in [2.24, 2.45) is 0 Å². The van der Waals surface area contributed by atoms with E-state index in [9.17, 15) is 29.2 Å². The second-order valence-electron chi connectivity index (χ2n) is 7.31. The number of benzene rings is 3. The van der Waals surface area contributed by atoms with Gasteiger partial charge in [-0.15, -0.1) is 0 Å². The summed E-state index contributed by atoms with van der Waals surface area (Å²) in [6.45, 7) is 0. The molecule has 34 heavy (non-hydrogen) atoms. The van der Waals surface area contributed by atoms with Gasteiger partial charge in [0.15, 0.2) is 0 Å². The minimum Gasteiger partial charge on any atom is -0.507 e. The average molecular weight is 483 g/mol. The van der Waals surface area contributed by atoms with Gasteiger partial charge in [0.25, 0.3) is 17.4 Å². The predicted molar refractivity (Wildman–Crippen MR) is 122 cm³/mol. The number of carbonyl (C=O) groups excluding carboxylic acids is 2. The number of ketones is 1. The molecule has 4 rings (SSSR count). The zero-order valence-electron chi connectivity index (χ0n) is 17.6. The van der Waals surface area contributed by atoms with Crippen molar-refractivity contribution in [2.75, 3.05) is 12.0 Å². The Balaban J connectivity index is 1.96. The second-order valence-corrected chi connectivity index (χ2v) is 7.72. The Kier molecular flexibility index (Phi) is 6.04. The predicted octanol–water partition coefficient (Wildman–Crippen LogP) is 5.02. The Morgan fingerprint density at radius 1 is 1.12 bits per heavy atom. The smallest absolute Gasteiger partial charge is 0.300 e. The summed E-state index contributed by atoms with van der Waals surface area (Å²) in [6.07, 6.45) is 0. The van der Waals surface area contributed by atoms with Crippen LogP contribution in [0.5, 0.6) is 5.75 Å². The van der Waals surface area contributed by atoms with Crippen LogP contribution in [-0.4, -0.2) is 28.8 Å². The fraction of sp³-hybridized carbons (Fsp3) is 0.0833.